The molecule has 0 aliphatic rings. The summed E-state index contributed by atoms with van der Waals surface area (Å²) in [6.07, 6.45) is 1.85. The predicted octanol–water partition coefficient (Wildman–Crippen LogP) is 5.18. The molecule has 0 radical (unpaired) electrons. The predicted molar refractivity (Wildman–Crippen MR) is 112 cm³/mol. The number of halogens is 1. The summed E-state index contributed by atoms with van der Waals surface area (Å²) in [6, 6.07) is 16.1. The standard InChI is InChI=1S/C20H20BrN3OS/c1-3-22-20-24(19(14-26-20)16-7-9-17(21)10-8-16)23-13-15-5-11-18(12-6-15)25-4-2/h5-14H,3-4H2,1-2H3. The van der Waals surface area contributed by atoms with Crippen molar-refractivity contribution in [3.63, 3.8) is 0 Å². The van der Waals surface area contributed by atoms with Gasteiger partial charge in [0.2, 0.25) is 4.80 Å². The van der Waals surface area contributed by atoms with E-state index in [2.05, 4.69) is 43.5 Å². The maximum absolute atomic E-state index is 5.48. The lowest BCUT2D eigenvalue weighted by molar-refractivity contribution is 0.340. The molecule has 0 aliphatic carbocycles. The molecule has 0 saturated heterocycles. The van der Waals surface area contributed by atoms with Gasteiger partial charge in [-0.25, -0.2) is 4.68 Å². The summed E-state index contributed by atoms with van der Waals surface area (Å²) in [5, 5.41) is 6.78. The third-order valence-electron chi connectivity index (χ3n) is 3.63. The number of hydrogen-bond donors (Lipinski definition) is 0. The van der Waals surface area contributed by atoms with Gasteiger partial charge in [-0.05, 0) is 55.8 Å². The largest absolute Gasteiger partial charge is 0.494 e. The Morgan fingerprint density at radius 1 is 1.08 bits per heavy atom. The maximum Gasteiger partial charge on any atom is 0.206 e. The Hall–Kier alpha value is -2.18. The molecule has 1 aromatic heterocycles. The molecule has 0 atom stereocenters. The minimum absolute atomic E-state index is 0.663. The van der Waals surface area contributed by atoms with Crippen molar-refractivity contribution in [2.24, 2.45) is 10.1 Å². The fraction of sp³-hybridized carbons (Fsp3) is 0.200. The van der Waals surface area contributed by atoms with E-state index in [9.17, 15) is 0 Å². The number of rotatable bonds is 6. The topological polar surface area (TPSA) is 38.9 Å². The zero-order valence-corrected chi connectivity index (χ0v) is 17.1. The number of aromatic nitrogens is 1. The lowest BCUT2D eigenvalue weighted by Crippen LogP contribution is -2.12. The maximum atomic E-state index is 5.48. The molecule has 3 rings (SSSR count). The summed E-state index contributed by atoms with van der Waals surface area (Å²) < 4.78 is 8.43. The Labute approximate surface area is 165 Å². The lowest BCUT2D eigenvalue weighted by Gasteiger charge is -2.04. The molecule has 6 heteroatoms. The fourth-order valence-corrected chi connectivity index (χ4v) is 3.58. The summed E-state index contributed by atoms with van der Waals surface area (Å²) in [4.78, 5) is 5.44. The van der Waals surface area contributed by atoms with E-state index in [1.807, 2.05) is 61.1 Å². The summed E-state index contributed by atoms with van der Waals surface area (Å²) in [5.74, 6) is 0.866. The Balaban J connectivity index is 1.96. The monoisotopic (exact) mass is 429 g/mol. The van der Waals surface area contributed by atoms with Crippen molar-refractivity contribution in [2.45, 2.75) is 13.8 Å². The zero-order valence-electron chi connectivity index (χ0n) is 14.7. The highest BCUT2D eigenvalue weighted by Gasteiger charge is 2.07. The van der Waals surface area contributed by atoms with Crippen LogP contribution in [-0.2, 0) is 0 Å². The van der Waals surface area contributed by atoms with Crippen molar-refractivity contribution in [1.29, 1.82) is 0 Å². The van der Waals surface area contributed by atoms with Gasteiger partial charge in [0, 0.05) is 22.0 Å². The SMILES string of the molecule is CCN=c1scc(-c2ccc(Br)cc2)n1N=Cc1ccc(OCC)cc1. The normalized spacial score (nSPS) is 12.0. The molecular formula is C20H20BrN3OS. The molecule has 0 amide bonds. The number of benzene rings is 2. The molecule has 1 heterocycles. The Bertz CT molecular complexity index is 940. The van der Waals surface area contributed by atoms with Crippen LogP contribution in [0.25, 0.3) is 11.3 Å². The number of nitrogens with zero attached hydrogens (tertiary/aromatic N) is 3. The first-order chi connectivity index (χ1) is 12.7. The van der Waals surface area contributed by atoms with Crippen molar-refractivity contribution in [1.82, 2.24) is 4.68 Å². The van der Waals surface area contributed by atoms with Gasteiger partial charge in [0.05, 0.1) is 18.5 Å². The molecule has 3 aromatic rings. The summed E-state index contributed by atoms with van der Waals surface area (Å²) in [7, 11) is 0. The van der Waals surface area contributed by atoms with E-state index >= 15 is 0 Å². The Morgan fingerprint density at radius 2 is 1.81 bits per heavy atom. The van der Waals surface area contributed by atoms with E-state index in [0.29, 0.717) is 6.61 Å². The van der Waals surface area contributed by atoms with Crippen molar-refractivity contribution >= 4 is 33.5 Å². The molecule has 0 saturated carbocycles. The van der Waals surface area contributed by atoms with Crippen LogP contribution in [0.3, 0.4) is 0 Å². The molecule has 2 aromatic carbocycles. The van der Waals surface area contributed by atoms with Crippen LogP contribution in [0.2, 0.25) is 0 Å². The van der Waals surface area contributed by atoms with Gasteiger partial charge in [-0.3, -0.25) is 4.99 Å². The molecular weight excluding hydrogens is 410 g/mol. The van der Waals surface area contributed by atoms with Crippen LogP contribution in [0.15, 0.2) is 68.5 Å². The van der Waals surface area contributed by atoms with E-state index in [1.54, 1.807) is 11.3 Å². The first kappa shape index (κ1) is 18.6. The molecule has 4 nitrogen and oxygen atoms in total. The van der Waals surface area contributed by atoms with Gasteiger partial charge in [0.15, 0.2) is 0 Å². The lowest BCUT2D eigenvalue weighted by atomic mass is 10.2. The highest BCUT2D eigenvalue weighted by atomic mass is 79.9. The summed E-state index contributed by atoms with van der Waals surface area (Å²) >= 11 is 5.08. The molecule has 0 unspecified atom stereocenters. The number of thiazole rings is 1. The highest BCUT2D eigenvalue weighted by Crippen LogP contribution is 2.22. The molecule has 0 N–H and O–H groups in total. The summed E-state index contributed by atoms with van der Waals surface area (Å²) in [5.41, 5.74) is 3.14. The molecule has 0 aliphatic heterocycles. The Morgan fingerprint density at radius 3 is 2.46 bits per heavy atom. The van der Waals surface area contributed by atoms with E-state index in [4.69, 9.17) is 4.74 Å². The minimum atomic E-state index is 0.663. The van der Waals surface area contributed by atoms with Crippen LogP contribution in [-0.4, -0.2) is 24.0 Å². The zero-order chi connectivity index (χ0) is 18.4. The van der Waals surface area contributed by atoms with Gasteiger partial charge in [-0.2, -0.15) is 5.10 Å². The van der Waals surface area contributed by atoms with Gasteiger partial charge >= 0.3 is 0 Å². The second-order valence-corrected chi connectivity index (χ2v) is 7.20. The quantitative estimate of drug-likeness (QED) is 0.497. The van der Waals surface area contributed by atoms with E-state index in [1.165, 1.54) is 0 Å². The van der Waals surface area contributed by atoms with Crippen molar-refractivity contribution in [3.8, 4) is 17.0 Å². The van der Waals surface area contributed by atoms with Crippen LogP contribution < -0.4 is 9.54 Å². The van der Waals surface area contributed by atoms with Crippen molar-refractivity contribution < 1.29 is 4.74 Å². The first-order valence-electron chi connectivity index (χ1n) is 8.45. The smallest absolute Gasteiger partial charge is 0.206 e. The number of ether oxygens (including phenoxy) is 1. The van der Waals surface area contributed by atoms with Crippen molar-refractivity contribution in [3.05, 3.63) is 68.7 Å². The van der Waals surface area contributed by atoms with E-state index in [-0.39, 0.29) is 0 Å². The average molecular weight is 430 g/mol. The van der Waals surface area contributed by atoms with Crippen LogP contribution >= 0.6 is 27.3 Å². The van der Waals surface area contributed by atoms with E-state index < -0.39 is 0 Å². The first-order valence-corrected chi connectivity index (χ1v) is 10.1. The third-order valence-corrected chi connectivity index (χ3v) is 5.01. The number of hydrogen-bond acceptors (Lipinski definition) is 4. The van der Waals surface area contributed by atoms with E-state index in [0.717, 1.165) is 38.4 Å². The van der Waals surface area contributed by atoms with Crippen LogP contribution in [0.4, 0.5) is 0 Å². The molecule has 0 bridgehead atoms. The molecule has 0 fully saturated rings. The second kappa shape index (κ2) is 8.96. The highest BCUT2D eigenvalue weighted by molar-refractivity contribution is 9.10. The third kappa shape index (κ3) is 4.51. The van der Waals surface area contributed by atoms with Gasteiger partial charge in [-0.1, -0.05) is 28.1 Å². The van der Waals surface area contributed by atoms with Gasteiger partial charge in [0.1, 0.15) is 5.75 Å². The van der Waals surface area contributed by atoms with Crippen LogP contribution in [0.5, 0.6) is 5.75 Å². The second-order valence-electron chi connectivity index (χ2n) is 5.44. The van der Waals surface area contributed by atoms with Gasteiger partial charge < -0.3 is 4.74 Å². The summed E-state index contributed by atoms with van der Waals surface area (Å²) in [6.45, 7) is 5.39. The van der Waals surface area contributed by atoms with Gasteiger partial charge in [0.25, 0.3) is 0 Å². The van der Waals surface area contributed by atoms with Crippen LogP contribution in [0, 0.1) is 0 Å². The minimum Gasteiger partial charge on any atom is -0.494 e. The molecule has 0 spiro atoms. The van der Waals surface area contributed by atoms with Crippen LogP contribution in [0.1, 0.15) is 19.4 Å². The Kier molecular flexibility index (Phi) is 6.41. The molecule has 26 heavy (non-hydrogen) atoms. The average Bonchev–Trinajstić information content (AvgIpc) is 3.05. The van der Waals surface area contributed by atoms with Gasteiger partial charge in [-0.15, -0.1) is 11.3 Å². The molecule has 134 valence electrons. The van der Waals surface area contributed by atoms with Crippen molar-refractivity contribution in [2.75, 3.05) is 13.2 Å². The fourth-order valence-electron chi connectivity index (χ4n) is 2.41.